The number of amides is 1. The second kappa shape index (κ2) is 7.88. The minimum Gasteiger partial charge on any atom is -0.430 e. The number of hydrogen-bond donors (Lipinski definition) is 1. The number of carbonyl (C=O) groups excluding carboxylic acids is 1. The summed E-state index contributed by atoms with van der Waals surface area (Å²) in [5.74, 6) is 1.53. The highest BCUT2D eigenvalue weighted by atomic mass is 32.1. The third kappa shape index (κ3) is 5.14. The summed E-state index contributed by atoms with van der Waals surface area (Å²) in [6.07, 6.45) is 3.30. The van der Waals surface area contributed by atoms with Crippen molar-refractivity contribution in [1.29, 1.82) is 0 Å². The van der Waals surface area contributed by atoms with Crippen LogP contribution < -0.4 is 10.1 Å². The van der Waals surface area contributed by atoms with E-state index in [0.29, 0.717) is 29.8 Å². The number of hydrogen-bond acceptors (Lipinski definition) is 5. The first-order valence-corrected chi connectivity index (χ1v) is 9.86. The molecule has 0 saturated heterocycles. The van der Waals surface area contributed by atoms with Gasteiger partial charge in [0.2, 0.25) is 5.91 Å². The zero-order valence-electron chi connectivity index (χ0n) is 15.1. The predicted octanol–water partition coefficient (Wildman–Crippen LogP) is 4.05. The number of rotatable bonds is 7. The molecule has 0 atom stereocenters. The van der Waals surface area contributed by atoms with Gasteiger partial charge in [0.15, 0.2) is 5.82 Å². The van der Waals surface area contributed by atoms with Crippen LogP contribution in [0.3, 0.4) is 0 Å². The summed E-state index contributed by atoms with van der Waals surface area (Å²) in [6.45, 7) is 2.07. The average Bonchev–Trinajstić information content (AvgIpc) is 3.36. The summed E-state index contributed by atoms with van der Waals surface area (Å²) >= 11 is 1.25. The predicted molar refractivity (Wildman–Crippen MR) is 105 cm³/mol. The molecule has 1 N–H and O–H groups in total. The van der Waals surface area contributed by atoms with Crippen LogP contribution in [0.4, 0.5) is 0 Å². The Bertz CT molecular complexity index is 915. The lowest BCUT2D eigenvalue weighted by Gasteiger charge is -2.05. The Morgan fingerprint density at radius 2 is 1.81 bits per heavy atom. The lowest BCUT2D eigenvalue weighted by atomic mass is 10.1. The minimum atomic E-state index is 0.0797. The molecule has 4 rings (SSSR count). The number of carbonyl (C=O) groups is 1. The fourth-order valence-corrected chi connectivity index (χ4v) is 3.28. The molecule has 5 nitrogen and oxygen atoms in total. The van der Waals surface area contributed by atoms with Crippen molar-refractivity contribution in [3.63, 3.8) is 0 Å². The fraction of sp³-hybridized carbons (Fsp3) is 0.286. The van der Waals surface area contributed by atoms with Crippen LogP contribution in [0, 0.1) is 6.92 Å². The smallest absolute Gasteiger partial charge is 0.298 e. The van der Waals surface area contributed by atoms with Crippen molar-refractivity contribution >= 4 is 17.4 Å². The largest absolute Gasteiger partial charge is 0.430 e. The molecule has 0 unspecified atom stereocenters. The van der Waals surface area contributed by atoms with E-state index in [1.807, 2.05) is 24.3 Å². The van der Waals surface area contributed by atoms with Gasteiger partial charge in [0.05, 0.1) is 6.42 Å². The van der Waals surface area contributed by atoms with Crippen molar-refractivity contribution in [3.8, 4) is 10.9 Å². The normalized spacial score (nSPS) is 13.4. The van der Waals surface area contributed by atoms with Crippen LogP contribution in [0.1, 0.15) is 35.4 Å². The number of ether oxygens (including phenoxy) is 1. The third-order valence-corrected chi connectivity index (χ3v) is 5.00. The van der Waals surface area contributed by atoms with E-state index < -0.39 is 0 Å². The summed E-state index contributed by atoms with van der Waals surface area (Å²) in [5.41, 5.74) is 3.39. The lowest BCUT2D eigenvalue weighted by Crippen LogP contribution is -2.26. The molecule has 138 valence electrons. The van der Waals surface area contributed by atoms with Crippen LogP contribution >= 0.6 is 11.5 Å². The maximum Gasteiger partial charge on any atom is 0.298 e. The van der Waals surface area contributed by atoms with Crippen LogP contribution in [-0.4, -0.2) is 21.3 Å². The molecule has 1 aromatic heterocycles. The van der Waals surface area contributed by atoms with Crippen LogP contribution in [-0.2, 0) is 17.6 Å². The monoisotopic (exact) mass is 379 g/mol. The maximum absolute atomic E-state index is 11.9. The van der Waals surface area contributed by atoms with Gasteiger partial charge in [-0.3, -0.25) is 4.79 Å². The zero-order valence-corrected chi connectivity index (χ0v) is 16.0. The quantitative estimate of drug-likeness (QED) is 0.673. The second-order valence-electron chi connectivity index (χ2n) is 6.90. The van der Waals surface area contributed by atoms with E-state index >= 15 is 0 Å². The van der Waals surface area contributed by atoms with Gasteiger partial charge in [-0.15, -0.1) is 0 Å². The third-order valence-electron chi connectivity index (χ3n) is 4.37. The standard InChI is InChI=1S/C21H21N3O2S/c1-14-2-4-15(5-3-14)12-19-23-21(27-24-19)26-18-10-6-16(7-11-18)13-20(25)22-17-8-9-17/h2-7,10-11,17H,8-9,12-13H2,1H3,(H,22,25). The van der Waals surface area contributed by atoms with Gasteiger partial charge < -0.3 is 10.1 Å². The van der Waals surface area contributed by atoms with E-state index in [9.17, 15) is 4.79 Å². The van der Waals surface area contributed by atoms with Crippen LogP contribution in [0.15, 0.2) is 48.5 Å². The Kier molecular flexibility index (Phi) is 5.16. The molecular weight excluding hydrogens is 358 g/mol. The fourth-order valence-electron chi connectivity index (χ4n) is 2.71. The van der Waals surface area contributed by atoms with E-state index in [4.69, 9.17) is 4.74 Å². The van der Waals surface area contributed by atoms with Gasteiger partial charge in [-0.25, -0.2) is 0 Å². The molecule has 1 aliphatic rings. The Morgan fingerprint density at radius 1 is 1.11 bits per heavy atom. The van der Waals surface area contributed by atoms with E-state index in [0.717, 1.165) is 24.2 Å². The van der Waals surface area contributed by atoms with E-state index in [-0.39, 0.29) is 5.91 Å². The summed E-state index contributed by atoms with van der Waals surface area (Å²) in [6, 6.07) is 16.3. The van der Waals surface area contributed by atoms with Gasteiger partial charge in [-0.05, 0) is 43.0 Å². The van der Waals surface area contributed by atoms with E-state index in [1.54, 1.807) is 0 Å². The van der Waals surface area contributed by atoms with Gasteiger partial charge in [0, 0.05) is 24.0 Å². The summed E-state index contributed by atoms with van der Waals surface area (Å²) < 4.78 is 10.2. The summed E-state index contributed by atoms with van der Waals surface area (Å²) in [4.78, 5) is 16.3. The van der Waals surface area contributed by atoms with Crippen molar-refractivity contribution in [3.05, 3.63) is 71.0 Å². The van der Waals surface area contributed by atoms with Crippen molar-refractivity contribution in [1.82, 2.24) is 14.7 Å². The summed E-state index contributed by atoms with van der Waals surface area (Å²) in [7, 11) is 0. The molecule has 0 aliphatic heterocycles. The molecule has 0 radical (unpaired) electrons. The van der Waals surface area contributed by atoms with Gasteiger partial charge in [0.25, 0.3) is 5.19 Å². The van der Waals surface area contributed by atoms with E-state index in [2.05, 4.69) is 45.9 Å². The number of nitrogens with zero attached hydrogens (tertiary/aromatic N) is 2. The molecule has 3 aromatic rings. The number of nitrogens with one attached hydrogen (secondary N) is 1. The molecule has 0 bridgehead atoms. The van der Waals surface area contributed by atoms with Crippen LogP contribution in [0.2, 0.25) is 0 Å². The summed E-state index contributed by atoms with van der Waals surface area (Å²) in [5, 5.41) is 3.52. The molecule has 1 amide bonds. The molecule has 27 heavy (non-hydrogen) atoms. The Balaban J connectivity index is 1.32. The average molecular weight is 379 g/mol. The van der Waals surface area contributed by atoms with Crippen LogP contribution in [0.25, 0.3) is 0 Å². The highest BCUT2D eigenvalue weighted by molar-refractivity contribution is 7.07. The van der Waals surface area contributed by atoms with Crippen molar-refractivity contribution in [2.45, 2.75) is 38.6 Å². The molecule has 1 saturated carbocycles. The molecule has 1 fully saturated rings. The Labute approximate surface area is 162 Å². The molecule has 6 heteroatoms. The molecule has 2 aromatic carbocycles. The zero-order chi connectivity index (χ0) is 18.6. The van der Waals surface area contributed by atoms with Gasteiger partial charge >= 0.3 is 0 Å². The van der Waals surface area contributed by atoms with E-state index in [1.165, 1.54) is 22.7 Å². The van der Waals surface area contributed by atoms with Crippen LogP contribution in [0.5, 0.6) is 10.9 Å². The highest BCUT2D eigenvalue weighted by Gasteiger charge is 2.23. The molecule has 1 aliphatic carbocycles. The topological polar surface area (TPSA) is 64.1 Å². The van der Waals surface area contributed by atoms with Crippen molar-refractivity contribution in [2.75, 3.05) is 0 Å². The van der Waals surface area contributed by atoms with Gasteiger partial charge in [-0.2, -0.15) is 9.36 Å². The number of aromatic nitrogens is 2. The van der Waals surface area contributed by atoms with Crippen molar-refractivity contribution in [2.24, 2.45) is 0 Å². The van der Waals surface area contributed by atoms with Crippen molar-refractivity contribution < 1.29 is 9.53 Å². The highest BCUT2D eigenvalue weighted by Crippen LogP contribution is 2.24. The maximum atomic E-state index is 11.9. The second-order valence-corrected chi connectivity index (χ2v) is 7.62. The number of aryl methyl sites for hydroxylation is 1. The van der Waals surface area contributed by atoms with Gasteiger partial charge in [-0.1, -0.05) is 42.0 Å². The first-order chi connectivity index (χ1) is 13.1. The number of benzene rings is 2. The minimum absolute atomic E-state index is 0.0797. The molecule has 0 spiro atoms. The molecular formula is C21H21N3O2S. The van der Waals surface area contributed by atoms with Gasteiger partial charge in [0.1, 0.15) is 5.75 Å². The molecule has 1 heterocycles. The first kappa shape index (κ1) is 17.7. The Morgan fingerprint density at radius 3 is 2.52 bits per heavy atom. The lowest BCUT2D eigenvalue weighted by molar-refractivity contribution is -0.120. The first-order valence-electron chi connectivity index (χ1n) is 9.08. The SMILES string of the molecule is Cc1ccc(Cc2nsc(Oc3ccc(CC(=O)NC4CC4)cc3)n2)cc1. The Hall–Kier alpha value is -2.73.